The molecular weight excluding hydrogens is 460 g/mol. The summed E-state index contributed by atoms with van der Waals surface area (Å²) in [5, 5.41) is 13.6. The summed E-state index contributed by atoms with van der Waals surface area (Å²) in [6.45, 7) is -0.375. The van der Waals surface area contributed by atoms with E-state index in [1.807, 2.05) is 11.5 Å². The molecule has 0 unspecified atom stereocenters. The number of carbonyl (C=O) groups is 1. The molecule has 1 amide bonds. The minimum atomic E-state index is -2.94. The Labute approximate surface area is 189 Å². The Bertz CT molecular complexity index is 1190. The molecule has 166 valence electrons. The van der Waals surface area contributed by atoms with Crippen LogP contribution in [0.1, 0.15) is 6.92 Å². The second kappa shape index (κ2) is 9.92. The van der Waals surface area contributed by atoms with Crippen molar-refractivity contribution in [2.75, 3.05) is 11.1 Å². The fourth-order valence-corrected chi connectivity index (χ4v) is 4.41. The molecule has 4 aromatic rings. The van der Waals surface area contributed by atoms with Gasteiger partial charge in [-0.05, 0) is 31.2 Å². The fraction of sp³-hybridized carbons (Fsp3) is 0.200. The van der Waals surface area contributed by atoms with Gasteiger partial charge in [0.2, 0.25) is 5.91 Å². The van der Waals surface area contributed by atoms with Crippen LogP contribution in [0.2, 0.25) is 0 Å². The first-order valence-corrected chi connectivity index (χ1v) is 11.3. The highest BCUT2D eigenvalue weighted by atomic mass is 32.2. The molecule has 0 bridgehead atoms. The van der Waals surface area contributed by atoms with E-state index in [4.69, 9.17) is 4.42 Å². The first-order valence-electron chi connectivity index (χ1n) is 9.44. The number of nitrogens with zero attached hydrogens (tertiary/aromatic N) is 4. The Morgan fingerprint density at radius 2 is 2.12 bits per heavy atom. The third-order valence-electron chi connectivity index (χ3n) is 4.24. The van der Waals surface area contributed by atoms with Gasteiger partial charge < -0.3 is 14.5 Å². The van der Waals surface area contributed by atoms with E-state index >= 15 is 0 Å². The number of amides is 1. The van der Waals surface area contributed by atoms with E-state index in [2.05, 4.69) is 25.2 Å². The van der Waals surface area contributed by atoms with Gasteiger partial charge in [0, 0.05) is 17.5 Å². The number of nitrogens with one attached hydrogen (secondary N) is 1. The van der Waals surface area contributed by atoms with Gasteiger partial charge in [-0.15, -0.1) is 21.5 Å². The summed E-state index contributed by atoms with van der Waals surface area (Å²) in [4.78, 5) is 16.7. The number of hydrogen-bond donors (Lipinski definition) is 1. The number of aromatic nitrogens is 4. The van der Waals surface area contributed by atoms with Crippen molar-refractivity contribution in [3.63, 3.8) is 0 Å². The van der Waals surface area contributed by atoms with E-state index in [-0.39, 0.29) is 17.4 Å². The molecule has 0 aliphatic rings. The van der Waals surface area contributed by atoms with Crippen LogP contribution >= 0.6 is 23.1 Å². The lowest BCUT2D eigenvalue weighted by Gasteiger charge is -2.08. The third-order valence-corrected chi connectivity index (χ3v) is 5.96. The Morgan fingerprint density at radius 1 is 1.28 bits per heavy atom. The number of ether oxygens (including phenoxy) is 1. The second-order valence-electron chi connectivity index (χ2n) is 6.28. The summed E-state index contributed by atoms with van der Waals surface area (Å²) in [6, 6.07) is 9.92. The molecule has 1 aromatic carbocycles. The molecule has 1 N–H and O–H groups in total. The van der Waals surface area contributed by atoms with Crippen LogP contribution in [0, 0.1) is 0 Å². The number of halogens is 2. The van der Waals surface area contributed by atoms with Gasteiger partial charge in [0.15, 0.2) is 21.9 Å². The molecule has 0 saturated carbocycles. The van der Waals surface area contributed by atoms with E-state index in [0.717, 1.165) is 0 Å². The van der Waals surface area contributed by atoms with E-state index in [0.29, 0.717) is 39.7 Å². The van der Waals surface area contributed by atoms with Crippen LogP contribution in [-0.2, 0) is 11.3 Å². The molecule has 0 radical (unpaired) electrons. The number of hydrogen-bond acceptors (Lipinski definition) is 8. The average molecular weight is 478 g/mol. The summed E-state index contributed by atoms with van der Waals surface area (Å²) in [5.74, 6) is 1.03. The standard InChI is InChI=1S/C20H17F2N5O3S2/c1-2-27-17(15-8-5-9-29-15)25-26-20(27)32-11-16(28)24-19-23-13(10-31-19)12-6-3-4-7-14(12)30-18(21)22/h3-10,18H,2,11H2,1H3,(H,23,24,28). The van der Waals surface area contributed by atoms with E-state index in [9.17, 15) is 13.6 Å². The molecule has 0 aliphatic carbocycles. The van der Waals surface area contributed by atoms with Crippen LogP contribution in [0.3, 0.4) is 0 Å². The lowest BCUT2D eigenvalue weighted by atomic mass is 10.1. The van der Waals surface area contributed by atoms with Crippen LogP contribution in [0.25, 0.3) is 22.8 Å². The molecule has 0 aliphatic heterocycles. The number of thioether (sulfide) groups is 1. The summed E-state index contributed by atoms with van der Waals surface area (Å²) >= 11 is 2.43. The Hall–Kier alpha value is -3.25. The minimum Gasteiger partial charge on any atom is -0.461 e. The van der Waals surface area contributed by atoms with Gasteiger partial charge in [-0.1, -0.05) is 23.9 Å². The minimum absolute atomic E-state index is 0.0208. The zero-order valence-electron chi connectivity index (χ0n) is 16.7. The van der Waals surface area contributed by atoms with Gasteiger partial charge in [0.25, 0.3) is 0 Å². The molecule has 0 spiro atoms. The van der Waals surface area contributed by atoms with Crippen molar-refractivity contribution in [2.45, 2.75) is 25.2 Å². The van der Waals surface area contributed by atoms with E-state index < -0.39 is 6.61 Å². The van der Waals surface area contributed by atoms with Gasteiger partial charge in [-0.25, -0.2) is 4.98 Å². The zero-order chi connectivity index (χ0) is 22.5. The largest absolute Gasteiger partial charge is 0.461 e. The molecule has 4 rings (SSSR count). The Balaban J connectivity index is 1.40. The van der Waals surface area contributed by atoms with Crippen LogP contribution in [0.15, 0.2) is 57.6 Å². The predicted octanol–water partition coefficient (Wildman–Crippen LogP) is 5.01. The molecule has 32 heavy (non-hydrogen) atoms. The monoisotopic (exact) mass is 477 g/mol. The van der Waals surface area contributed by atoms with Crippen molar-refractivity contribution in [3.05, 3.63) is 48.0 Å². The fourth-order valence-electron chi connectivity index (χ4n) is 2.89. The van der Waals surface area contributed by atoms with Gasteiger partial charge in [-0.3, -0.25) is 9.36 Å². The molecular formula is C20H17F2N5O3S2. The SMILES string of the molecule is CCn1c(SCC(=O)Nc2nc(-c3ccccc3OC(F)F)cs2)nnc1-c1ccco1. The topological polar surface area (TPSA) is 95.1 Å². The molecule has 3 heterocycles. The lowest BCUT2D eigenvalue weighted by molar-refractivity contribution is -0.113. The van der Waals surface area contributed by atoms with Crippen LogP contribution in [-0.4, -0.2) is 38.0 Å². The highest BCUT2D eigenvalue weighted by Crippen LogP contribution is 2.33. The number of rotatable bonds is 9. The van der Waals surface area contributed by atoms with Crippen molar-refractivity contribution >= 4 is 34.1 Å². The quantitative estimate of drug-likeness (QED) is 0.339. The van der Waals surface area contributed by atoms with E-state index in [1.165, 1.54) is 29.2 Å². The smallest absolute Gasteiger partial charge is 0.387 e. The number of benzene rings is 1. The van der Waals surface area contributed by atoms with Crippen molar-refractivity contribution in [1.82, 2.24) is 19.7 Å². The Kier molecular flexibility index (Phi) is 6.81. The van der Waals surface area contributed by atoms with Gasteiger partial charge in [0.1, 0.15) is 5.75 Å². The van der Waals surface area contributed by atoms with Crippen molar-refractivity contribution in [3.8, 4) is 28.6 Å². The van der Waals surface area contributed by atoms with Crippen LogP contribution < -0.4 is 10.1 Å². The molecule has 3 aromatic heterocycles. The number of alkyl halides is 2. The third kappa shape index (κ3) is 4.97. The molecule has 0 fully saturated rings. The van der Waals surface area contributed by atoms with Gasteiger partial charge >= 0.3 is 6.61 Å². The zero-order valence-corrected chi connectivity index (χ0v) is 18.3. The molecule has 0 saturated heterocycles. The highest BCUT2D eigenvalue weighted by Gasteiger charge is 2.17. The number of furan rings is 1. The summed E-state index contributed by atoms with van der Waals surface area (Å²) < 4.78 is 37.1. The first-order chi connectivity index (χ1) is 15.5. The maximum Gasteiger partial charge on any atom is 0.387 e. The van der Waals surface area contributed by atoms with Gasteiger partial charge in [0.05, 0.1) is 17.7 Å². The van der Waals surface area contributed by atoms with Crippen LogP contribution in [0.4, 0.5) is 13.9 Å². The summed E-state index contributed by atoms with van der Waals surface area (Å²) in [7, 11) is 0. The van der Waals surface area contributed by atoms with Crippen molar-refractivity contribution < 1.29 is 22.7 Å². The normalized spacial score (nSPS) is 11.1. The first kappa shape index (κ1) is 22.0. The number of carbonyl (C=O) groups excluding carboxylic acids is 1. The summed E-state index contributed by atoms with van der Waals surface area (Å²) in [5.41, 5.74) is 0.850. The lowest BCUT2D eigenvalue weighted by Crippen LogP contribution is -2.14. The molecule has 12 heteroatoms. The molecule has 0 atom stereocenters. The van der Waals surface area contributed by atoms with Crippen molar-refractivity contribution in [2.24, 2.45) is 0 Å². The van der Waals surface area contributed by atoms with Crippen molar-refractivity contribution in [1.29, 1.82) is 0 Å². The number of anilines is 1. The number of thiazole rings is 1. The van der Waals surface area contributed by atoms with Gasteiger partial charge in [-0.2, -0.15) is 8.78 Å². The highest BCUT2D eigenvalue weighted by molar-refractivity contribution is 7.99. The molecule has 8 nitrogen and oxygen atoms in total. The average Bonchev–Trinajstić information content (AvgIpc) is 3.52. The van der Waals surface area contributed by atoms with E-state index in [1.54, 1.807) is 42.0 Å². The second-order valence-corrected chi connectivity index (χ2v) is 8.08. The number of para-hydroxylation sites is 1. The predicted molar refractivity (Wildman–Crippen MR) is 117 cm³/mol. The maximum atomic E-state index is 12.6. The van der Waals surface area contributed by atoms with Crippen LogP contribution in [0.5, 0.6) is 5.75 Å². The maximum absolute atomic E-state index is 12.6. The summed E-state index contributed by atoms with van der Waals surface area (Å²) in [6.07, 6.45) is 1.56. The Morgan fingerprint density at radius 3 is 2.88 bits per heavy atom.